The number of hydrogen-bond donors (Lipinski definition) is 1. The van der Waals surface area contributed by atoms with E-state index in [4.69, 9.17) is 0 Å². The maximum absolute atomic E-state index is 3.73. The summed E-state index contributed by atoms with van der Waals surface area (Å²) in [6.07, 6.45) is 12.9. The molecule has 3 rings (SSSR count). The van der Waals surface area contributed by atoms with Crippen LogP contribution in [0, 0.1) is 0 Å². The van der Waals surface area contributed by atoms with Crippen molar-refractivity contribution in [2.24, 2.45) is 0 Å². The maximum atomic E-state index is 3.73. The Morgan fingerprint density at radius 3 is 2.07 bits per heavy atom. The van der Waals surface area contributed by atoms with Gasteiger partial charge in [-0.3, -0.25) is 0 Å². The molecule has 0 aromatic rings. The summed E-state index contributed by atoms with van der Waals surface area (Å²) in [5.74, 6) is 0. The number of hydrogen-bond acceptors (Lipinski definition) is 1. The Hall–Kier alpha value is -0.300. The molecule has 2 saturated heterocycles. The van der Waals surface area contributed by atoms with Crippen molar-refractivity contribution in [3.63, 3.8) is 0 Å². The molecule has 2 heterocycles. The van der Waals surface area contributed by atoms with Crippen molar-refractivity contribution in [2.75, 3.05) is 0 Å². The lowest BCUT2D eigenvalue weighted by atomic mass is 9.86. The third-order valence-corrected chi connectivity index (χ3v) is 4.28. The van der Waals surface area contributed by atoms with Crippen LogP contribution in [0.2, 0.25) is 0 Å². The van der Waals surface area contributed by atoms with E-state index in [-0.39, 0.29) is 0 Å². The van der Waals surface area contributed by atoms with Crippen molar-refractivity contribution in [2.45, 2.75) is 69.9 Å². The molecule has 1 N–H and O–H groups in total. The average Bonchev–Trinajstić information content (AvgIpc) is 2.59. The van der Waals surface area contributed by atoms with Gasteiger partial charge in [-0.1, -0.05) is 17.6 Å². The fraction of sp³-hybridized carbons (Fsp3) is 0.846. The number of rotatable bonds is 0. The van der Waals surface area contributed by atoms with Crippen molar-refractivity contribution < 1.29 is 0 Å². The number of fused-ring (bicyclic) bond motifs is 2. The van der Waals surface area contributed by atoms with Gasteiger partial charge in [0.15, 0.2) is 0 Å². The molecule has 1 saturated carbocycles. The molecule has 2 atom stereocenters. The van der Waals surface area contributed by atoms with E-state index in [0.29, 0.717) is 0 Å². The lowest BCUT2D eigenvalue weighted by Gasteiger charge is -2.28. The molecular weight excluding hydrogens is 170 g/mol. The summed E-state index contributed by atoms with van der Waals surface area (Å²) in [6, 6.07) is 1.69. The molecule has 2 aliphatic heterocycles. The zero-order valence-corrected chi connectivity index (χ0v) is 9.02. The molecule has 1 nitrogen and oxygen atoms in total. The number of allylic oxidation sites excluding steroid dienone is 1. The molecule has 1 heteroatoms. The Balaban J connectivity index is 1.77. The Kier molecular flexibility index (Phi) is 2.36. The largest absolute Gasteiger partial charge is 0.311 e. The Morgan fingerprint density at radius 1 is 0.786 bits per heavy atom. The van der Waals surface area contributed by atoms with Crippen LogP contribution in [0.25, 0.3) is 0 Å². The first-order valence-corrected chi connectivity index (χ1v) is 6.37. The van der Waals surface area contributed by atoms with Gasteiger partial charge < -0.3 is 5.32 Å². The van der Waals surface area contributed by atoms with Crippen LogP contribution in [0.3, 0.4) is 0 Å². The minimum absolute atomic E-state index is 0.846. The van der Waals surface area contributed by atoms with Crippen LogP contribution in [0.1, 0.15) is 57.8 Å². The van der Waals surface area contributed by atoms with Crippen LogP contribution in [-0.2, 0) is 0 Å². The minimum Gasteiger partial charge on any atom is -0.311 e. The summed E-state index contributed by atoms with van der Waals surface area (Å²) < 4.78 is 0. The molecule has 0 amide bonds. The summed E-state index contributed by atoms with van der Waals surface area (Å²) in [4.78, 5) is 0. The fourth-order valence-electron chi connectivity index (χ4n) is 3.52. The molecule has 0 aromatic heterocycles. The molecule has 14 heavy (non-hydrogen) atoms. The fourth-order valence-corrected chi connectivity index (χ4v) is 3.52. The van der Waals surface area contributed by atoms with Crippen LogP contribution >= 0.6 is 0 Å². The molecule has 3 fully saturated rings. The zero-order valence-electron chi connectivity index (χ0n) is 9.02. The smallest absolute Gasteiger partial charge is 0.0108 e. The Labute approximate surface area is 87.0 Å². The third-order valence-electron chi connectivity index (χ3n) is 4.28. The zero-order chi connectivity index (χ0) is 9.38. The highest BCUT2D eigenvalue weighted by atomic mass is 15.0. The molecular formula is C13H21N. The highest BCUT2D eigenvalue weighted by molar-refractivity contribution is 5.22. The van der Waals surface area contributed by atoms with Gasteiger partial charge in [-0.15, -0.1) is 0 Å². The first-order valence-electron chi connectivity index (χ1n) is 6.37. The van der Waals surface area contributed by atoms with Crippen molar-refractivity contribution >= 4 is 0 Å². The van der Waals surface area contributed by atoms with Crippen molar-refractivity contribution in [1.82, 2.24) is 5.32 Å². The molecule has 2 bridgehead atoms. The molecule has 0 radical (unpaired) electrons. The van der Waals surface area contributed by atoms with Gasteiger partial charge in [-0.25, -0.2) is 0 Å². The SMILES string of the molecule is C1CCC(=C2CC3CCC(C2)N3)CC1. The first kappa shape index (κ1) is 8.96. The van der Waals surface area contributed by atoms with Crippen LogP contribution in [0.15, 0.2) is 11.1 Å². The number of nitrogens with one attached hydrogen (secondary N) is 1. The van der Waals surface area contributed by atoms with E-state index in [9.17, 15) is 0 Å². The second-order valence-corrected chi connectivity index (χ2v) is 5.31. The van der Waals surface area contributed by atoms with E-state index >= 15 is 0 Å². The predicted octanol–water partition coefficient (Wildman–Crippen LogP) is 3.16. The average molecular weight is 191 g/mol. The van der Waals surface area contributed by atoms with Gasteiger partial charge in [-0.05, 0) is 51.4 Å². The van der Waals surface area contributed by atoms with Gasteiger partial charge in [0.2, 0.25) is 0 Å². The Morgan fingerprint density at radius 2 is 1.43 bits per heavy atom. The van der Waals surface area contributed by atoms with Crippen LogP contribution in [0.5, 0.6) is 0 Å². The maximum Gasteiger partial charge on any atom is 0.0108 e. The molecule has 0 spiro atoms. The van der Waals surface area contributed by atoms with E-state index in [0.717, 1.165) is 12.1 Å². The van der Waals surface area contributed by atoms with Gasteiger partial charge in [0.25, 0.3) is 0 Å². The summed E-state index contributed by atoms with van der Waals surface area (Å²) in [5.41, 5.74) is 3.71. The van der Waals surface area contributed by atoms with Crippen molar-refractivity contribution in [1.29, 1.82) is 0 Å². The highest BCUT2D eigenvalue weighted by Crippen LogP contribution is 2.36. The van der Waals surface area contributed by atoms with Gasteiger partial charge in [0, 0.05) is 12.1 Å². The standard InChI is InChI=1S/C13H21N/c1-2-4-10(5-3-1)11-8-12-6-7-13(9-11)14-12/h12-14H,1-9H2. The van der Waals surface area contributed by atoms with Gasteiger partial charge in [0.1, 0.15) is 0 Å². The van der Waals surface area contributed by atoms with Gasteiger partial charge in [0.05, 0.1) is 0 Å². The lowest BCUT2D eigenvalue weighted by Crippen LogP contribution is -2.35. The van der Waals surface area contributed by atoms with E-state index in [1.165, 1.54) is 57.8 Å². The Bertz CT molecular complexity index is 232. The topological polar surface area (TPSA) is 12.0 Å². The van der Waals surface area contributed by atoms with E-state index in [1.807, 2.05) is 11.1 Å². The summed E-state index contributed by atoms with van der Waals surface area (Å²) in [5, 5.41) is 3.73. The van der Waals surface area contributed by atoms with Crippen molar-refractivity contribution in [3.8, 4) is 0 Å². The van der Waals surface area contributed by atoms with Crippen LogP contribution in [0.4, 0.5) is 0 Å². The van der Waals surface area contributed by atoms with Gasteiger partial charge >= 0.3 is 0 Å². The molecule has 3 aliphatic rings. The van der Waals surface area contributed by atoms with Crippen LogP contribution in [-0.4, -0.2) is 12.1 Å². The van der Waals surface area contributed by atoms with Crippen LogP contribution < -0.4 is 5.32 Å². The number of piperidine rings is 1. The molecule has 1 aliphatic carbocycles. The predicted molar refractivity (Wildman–Crippen MR) is 59.3 cm³/mol. The second-order valence-electron chi connectivity index (χ2n) is 5.31. The quantitative estimate of drug-likeness (QED) is 0.580. The minimum atomic E-state index is 0.846. The van der Waals surface area contributed by atoms with E-state index in [2.05, 4.69) is 5.32 Å². The van der Waals surface area contributed by atoms with E-state index in [1.54, 1.807) is 0 Å². The summed E-state index contributed by atoms with van der Waals surface area (Å²) >= 11 is 0. The summed E-state index contributed by atoms with van der Waals surface area (Å²) in [7, 11) is 0. The first-order chi connectivity index (χ1) is 6.92. The highest BCUT2D eigenvalue weighted by Gasteiger charge is 2.31. The monoisotopic (exact) mass is 191 g/mol. The molecule has 2 unspecified atom stereocenters. The molecule has 0 aromatic carbocycles. The van der Waals surface area contributed by atoms with Gasteiger partial charge in [-0.2, -0.15) is 0 Å². The summed E-state index contributed by atoms with van der Waals surface area (Å²) in [6.45, 7) is 0. The third kappa shape index (κ3) is 1.63. The van der Waals surface area contributed by atoms with Crippen molar-refractivity contribution in [3.05, 3.63) is 11.1 Å². The van der Waals surface area contributed by atoms with E-state index < -0.39 is 0 Å². The normalized spacial score (nSPS) is 37.7. The lowest BCUT2D eigenvalue weighted by molar-refractivity contribution is 0.461. The second kappa shape index (κ2) is 3.69. The molecule has 78 valence electrons.